The molecule has 0 amide bonds. The Balaban J connectivity index is 2.15. The van der Waals surface area contributed by atoms with Crippen LogP contribution in [-0.2, 0) is 0 Å². The zero-order valence-electron chi connectivity index (χ0n) is 6.32. The second kappa shape index (κ2) is 3.09. The van der Waals surface area contributed by atoms with Crippen LogP contribution in [0.3, 0.4) is 0 Å². The highest BCUT2D eigenvalue weighted by molar-refractivity contribution is 5.23. The summed E-state index contributed by atoms with van der Waals surface area (Å²) in [6.07, 6.45) is 3.36. The quantitative estimate of drug-likeness (QED) is 0.727. The molecule has 0 saturated heterocycles. The SMILES string of the molecule is [c]1ccc(Oc2ncc[nH]2)cc1. The summed E-state index contributed by atoms with van der Waals surface area (Å²) in [5.74, 6) is 0.753. The van der Waals surface area contributed by atoms with E-state index in [0.29, 0.717) is 6.01 Å². The van der Waals surface area contributed by atoms with Gasteiger partial charge < -0.3 is 9.72 Å². The molecule has 1 aromatic heterocycles. The first-order chi connectivity index (χ1) is 5.95. The second-order valence-electron chi connectivity index (χ2n) is 2.23. The Kier molecular flexibility index (Phi) is 1.78. The van der Waals surface area contributed by atoms with Crippen molar-refractivity contribution < 1.29 is 4.74 Å². The van der Waals surface area contributed by atoms with Gasteiger partial charge in [0, 0.05) is 12.4 Å². The molecule has 1 aromatic carbocycles. The predicted molar refractivity (Wildman–Crippen MR) is 43.9 cm³/mol. The van der Waals surface area contributed by atoms with Gasteiger partial charge in [0.15, 0.2) is 0 Å². The molecule has 1 N–H and O–H groups in total. The van der Waals surface area contributed by atoms with Gasteiger partial charge in [-0.25, -0.2) is 4.98 Å². The smallest absolute Gasteiger partial charge is 0.299 e. The van der Waals surface area contributed by atoms with Crippen LogP contribution in [0.4, 0.5) is 0 Å². The van der Waals surface area contributed by atoms with Crippen molar-refractivity contribution in [2.75, 3.05) is 0 Å². The maximum Gasteiger partial charge on any atom is 0.299 e. The average Bonchev–Trinajstić information content (AvgIpc) is 2.59. The van der Waals surface area contributed by atoms with Crippen molar-refractivity contribution in [1.29, 1.82) is 0 Å². The highest BCUT2D eigenvalue weighted by atomic mass is 16.5. The van der Waals surface area contributed by atoms with Crippen molar-refractivity contribution in [2.45, 2.75) is 0 Å². The van der Waals surface area contributed by atoms with E-state index >= 15 is 0 Å². The van der Waals surface area contributed by atoms with Crippen molar-refractivity contribution in [2.24, 2.45) is 0 Å². The third kappa shape index (κ3) is 1.45. The summed E-state index contributed by atoms with van der Waals surface area (Å²) in [4.78, 5) is 6.77. The molecule has 0 aliphatic rings. The highest BCUT2D eigenvalue weighted by Crippen LogP contribution is 2.15. The monoisotopic (exact) mass is 159 g/mol. The van der Waals surface area contributed by atoms with Gasteiger partial charge in [0.25, 0.3) is 6.01 Å². The number of hydrogen-bond donors (Lipinski definition) is 1. The summed E-state index contributed by atoms with van der Waals surface area (Å²) in [5, 5.41) is 0. The van der Waals surface area contributed by atoms with Crippen LogP contribution in [0.2, 0.25) is 0 Å². The summed E-state index contributed by atoms with van der Waals surface area (Å²) in [6, 6.07) is 10.6. The summed E-state index contributed by atoms with van der Waals surface area (Å²) >= 11 is 0. The third-order valence-electron chi connectivity index (χ3n) is 1.38. The van der Waals surface area contributed by atoms with Crippen molar-refractivity contribution in [1.82, 2.24) is 9.97 Å². The molecule has 12 heavy (non-hydrogen) atoms. The van der Waals surface area contributed by atoms with Gasteiger partial charge in [-0.1, -0.05) is 12.1 Å². The average molecular weight is 159 g/mol. The number of H-pyrrole nitrogens is 1. The standard InChI is InChI=1S/C9H7N2O/c1-2-4-8(5-3-1)12-9-10-6-7-11-9/h2-7H,(H,10,11). The molecule has 2 rings (SSSR count). The van der Waals surface area contributed by atoms with Gasteiger partial charge in [0.05, 0.1) is 0 Å². The molecule has 0 spiro atoms. The molecule has 0 atom stereocenters. The van der Waals surface area contributed by atoms with E-state index in [1.165, 1.54) is 0 Å². The number of ether oxygens (including phenoxy) is 1. The van der Waals surface area contributed by atoms with Gasteiger partial charge in [0.2, 0.25) is 0 Å². The summed E-state index contributed by atoms with van der Waals surface area (Å²) in [5.41, 5.74) is 0. The van der Waals surface area contributed by atoms with Crippen molar-refractivity contribution in [3.05, 3.63) is 42.7 Å². The fourth-order valence-corrected chi connectivity index (χ4v) is 0.858. The molecule has 3 nitrogen and oxygen atoms in total. The lowest BCUT2D eigenvalue weighted by atomic mass is 10.3. The Hall–Kier alpha value is -1.77. The number of rotatable bonds is 2. The molecule has 0 fully saturated rings. The molecule has 2 aromatic rings. The molecule has 0 aliphatic carbocycles. The van der Waals surface area contributed by atoms with E-state index in [4.69, 9.17) is 4.74 Å². The van der Waals surface area contributed by atoms with Gasteiger partial charge in [-0.15, -0.1) is 0 Å². The zero-order valence-corrected chi connectivity index (χ0v) is 6.32. The molecule has 0 saturated carbocycles. The van der Waals surface area contributed by atoms with Gasteiger partial charge >= 0.3 is 0 Å². The topological polar surface area (TPSA) is 37.9 Å². The van der Waals surface area contributed by atoms with Crippen LogP contribution in [0.15, 0.2) is 36.7 Å². The number of nitrogens with zero attached hydrogens (tertiary/aromatic N) is 1. The third-order valence-corrected chi connectivity index (χ3v) is 1.38. The maximum atomic E-state index is 5.33. The van der Waals surface area contributed by atoms with Crippen LogP contribution in [-0.4, -0.2) is 9.97 Å². The molecule has 0 unspecified atom stereocenters. The molecule has 0 aliphatic heterocycles. The van der Waals surface area contributed by atoms with Crippen molar-refractivity contribution >= 4 is 0 Å². The molecule has 1 radical (unpaired) electrons. The molecular weight excluding hydrogens is 152 g/mol. The second-order valence-corrected chi connectivity index (χ2v) is 2.23. The zero-order chi connectivity index (χ0) is 8.23. The van der Waals surface area contributed by atoms with E-state index in [0.717, 1.165) is 5.75 Å². The number of aromatic amines is 1. The molecule has 3 heteroatoms. The predicted octanol–water partition coefficient (Wildman–Crippen LogP) is 2.00. The lowest BCUT2D eigenvalue weighted by Gasteiger charge is -1.98. The largest absolute Gasteiger partial charge is 0.426 e. The summed E-state index contributed by atoms with van der Waals surface area (Å²) in [7, 11) is 0. The number of benzene rings is 1. The van der Waals surface area contributed by atoms with E-state index < -0.39 is 0 Å². The van der Waals surface area contributed by atoms with Gasteiger partial charge in [-0.3, -0.25) is 0 Å². The van der Waals surface area contributed by atoms with Gasteiger partial charge in [0.1, 0.15) is 5.75 Å². The summed E-state index contributed by atoms with van der Waals surface area (Å²) < 4.78 is 5.33. The number of nitrogens with one attached hydrogen (secondary N) is 1. The van der Waals surface area contributed by atoms with Crippen molar-refractivity contribution in [3.63, 3.8) is 0 Å². The Morgan fingerprint density at radius 2 is 2.17 bits per heavy atom. The minimum Gasteiger partial charge on any atom is -0.426 e. The first-order valence-electron chi connectivity index (χ1n) is 3.58. The normalized spacial score (nSPS) is 9.67. The molecule has 1 heterocycles. The lowest BCUT2D eigenvalue weighted by Crippen LogP contribution is -1.84. The fourth-order valence-electron chi connectivity index (χ4n) is 0.858. The van der Waals surface area contributed by atoms with Gasteiger partial charge in [-0.05, 0) is 18.2 Å². The maximum absolute atomic E-state index is 5.33. The van der Waals surface area contributed by atoms with Crippen LogP contribution >= 0.6 is 0 Å². The van der Waals surface area contributed by atoms with E-state index in [1.807, 2.05) is 12.1 Å². The van der Waals surface area contributed by atoms with Crippen LogP contribution in [0.1, 0.15) is 0 Å². The van der Waals surface area contributed by atoms with Crippen LogP contribution < -0.4 is 4.74 Å². The molecule has 0 bridgehead atoms. The van der Waals surface area contributed by atoms with E-state index in [-0.39, 0.29) is 0 Å². The number of imidazole rings is 1. The first-order valence-corrected chi connectivity index (χ1v) is 3.58. The van der Waals surface area contributed by atoms with Crippen molar-refractivity contribution in [3.8, 4) is 11.8 Å². The van der Waals surface area contributed by atoms with E-state index in [1.54, 1.807) is 24.5 Å². The molecule has 59 valence electrons. The number of aromatic nitrogens is 2. The van der Waals surface area contributed by atoms with Crippen LogP contribution in [0.25, 0.3) is 0 Å². The Bertz CT molecular complexity index is 329. The minimum absolute atomic E-state index is 0.501. The Morgan fingerprint density at radius 1 is 1.33 bits per heavy atom. The van der Waals surface area contributed by atoms with Crippen LogP contribution in [0.5, 0.6) is 11.8 Å². The minimum atomic E-state index is 0.501. The highest BCUT2D eigenvalue weighted by Gasteiger charge is 1.95. The summed E-state index contributed by atoms with van der Waals surface area (Å²) in [6.45, 7) is 0. The lowest BCUT2D eigenvalue weighted by molar-refractivity contribution is 0.447. The first kappa shape index (κ1) is 6.91. The van der Waals surface area contributed by atoms with Crippen LogP contribution in [0, 0.1) is 6.07 Å². The Labute approximate surface area is 70.0 Å². The van der Waals surface area contributed by atoms with Gasteiger partial charge in [-0.2, -0.15) is 0 Å². The van der Waals surface area contributed by atoms with E-state index in [9.17, 15) is 0 Å². The Morgan fingerprint density at radius 3 is 2.83 bits per heavy atom. The van der Waals surface area contributed by atoms with E-state index in [2.05, 4.69) is 16.0 Å². The number of hydrogen-bond acceptors (Lipinski definition) is 2. The fraction of sp³-hybridized carbons (Fsp3) is 0. The molecular formula is C9H7N2O.